The minimum atomic E-state index is -0.746. The highest BCUT2D eigenvalue weighted by Gasteiger charge is 2.64. The minimum absolute atomic E-state index is 0.0168. The Hall–Kier alpha value is -0.460. The molecule has 1 heterocycles. The Morgan fingerprint density at radius 3 is 2.54 bits per heavy atom. The van der Waals surface area contributed by atoms with Crippen molar-refractivity contribution in [2.45, 2.75) is 70.5 Å². The molecule has 1 aromatic rings. The molecule has 0 spiro atoms. The van der Waals surface area contributed by atoms with Gasteiger partial charge in [-0.25, -0.2) is 0 Å². The van der Waals surface area contributed by atoms with Crippen molar-refractivity contribution in [2.75, 3.05) is 13.2 Å². The predicted octanol–water partition coefficient (Wildman–Crippen LogP) is 3.50. The molecule has 0 amide bonds. The first-order valence-electron chi connectivity index (χ1n) is 11.1. The van der Waals surface area contributed by atoms with Gasteiger partial charge in [-0.3, -0.25) is 0 Å². The van der Waals surface area contributed by atoms with Crippen molar-refractivity contribution in [3.05, 3.63) is 22.4 Å². The molecule has 5 heteroatoms. The van der Waals surface area contributed by atoms with Crippen LogP contribution in [0.15, 0.2) is 17.5 Å². The third kappa shape index (κ3) is 2.84. The number of nitrogens with two attached hydrogens (primary N) is 1. The van der Waals surface area contributed by atoms with E-state index in [4.69, 9.17) is 5.73 Å². The molecule has 8 atom stereocenters. The lowest BCUT2D eigenvalue weighted by Crippen LogP contribution is -2.55. The quantitative estimate of drug-likeness (QED) is 0.615. The molecule has 4 rings (SSSR count). The molecular weight excluding hydrogens is 370 g/mol. The summed E-state index contributed by atoms with van der Waals surface area (Å²) in [5, 5.41) is 34.1. The van der Waals surface area contributed by atoms with Crippen molar-refractivity contribution in [1.29, 1.82) is 0 Å². The van der Waals surface area contributed by atoms with E-state index in [9.17, 15) is 15.3 Å². The first kappa shape index (κ1) is 20.8. The maximum atomic E-state index is 11.8. The Morgan fingerprint density at radius 1 is 1.14 bits per heavy atom. The van der Waals surface area contributed by atoms with E-state index in [-0.39, 0.29) is 29.5 Å². The molecule has 3 aliphatic carbocycles. The van der Waals surface area contributed by atoms with Crippen molar-refractivity contribution in [3.8, 4) is 0 Å². The molecule has 0 saturated heterocycles. The van der Waals surface area contributed by atoms with E-state index in [2.05, 4.69) is 25.3 Å². The van der Waals surface area contributed by atoms with Crippen LogP contribution in [0.1, 0.15) is 63.7 Å². The first-order valence-corrected chi connectivity index (χ1v) is 11.9. The Kier molecular flexibility index (Phi) is 5.46. The van der Waals surface area contributed by atoms with Crippen LogP contribution in [0.2, 0.25) is 0 Å². The summed E-state index contributed by atoms with van der Waals surface area (Å²) in [6, 6.07) is 4.13. The van der Waals surface area contributed by atoms with Crippen molar-refractivity contribution >= 4 is 11.3 Å². The zero-order chi connectivity index (χ0) is 20.2. The molecule has 1 unspecified atom stereocenters. The molecule has 0 radical (unpaired) electrons. The van der Waals surface area contributed by atoms with E-state index < -0.39 is 5.60 Å². The van der Waals surface area contributed by atoms with Gasteiger partial charge in [-0.15, -0.1) is 11.3 Å². The second-order valence-electron chi connectivity index (χ2n) is 10.3. The molecule has 5 N–H and O–H groups in total. The zero-order valence-corrected chi connectivity index (χ0v) is 18.1. The predicted molar refractivity (Wildman–Crippen MR) is 113 cm³/mol. The molecule has 28 heavy (non-hydrogen) atoms. The fourth-order valence-electron chi connectivity index (χ4n) is 7.54. The number of fused-ring (bicyclic) bond motifs is 1. The average Bonchev–Trinajstić information content (AvgIpc) is 3.31. The SMILES string of the molecule is C[C@]12CCC([C@@]3(C)CC[C@H](O)C[C@@H]3CO)[C@@H](CN)[C@@H]1CC[C@@]2(O)c1cccs1. The van der Waals surface area contributed by atoms with E-state index in [1.165, 1.54) is 0 Å². The summed E-state index contributed by atoms with van der Waals surface area (Å²) in [5.74, 6) is 1.36. The zero-order valence-electron chi connectivity index (χ0n) is 17.3. The summed E-state index contributed by atoms with van der Waals surface area (Å²) >= 11 is 1.67. The second kappa shape index (κ2) is 7.35. The van der Waals surface area contributed by atoms with Crippen molar-refractivity contribution < 1.29 is 15.3 Å². The topological polar surface area (TPSA) is 86.7 Å². The van der Waals surface area contributed by atoms with E-state index in [1.807, 2.05) is 6.07 Å². The number of aliphatic hydroxyl groups excluding tert-OH is 2. The summed E-state index contributed by atoms with van der Waals surface area (Å²) in [7, 11) is 0. The van der Waals surface area contributed by atoms with Gasteiger partial charge in [0.15, 0.2) is 0 Å². The molecule has 0 bridgehead atoms. The molecule has 158 valence electrons. The van der Waals surface area contributed by atoms with Crippen LogP contribution in [-0.4, -0.2) is 34.6 Å². The van der Waals surface area contributed by atoms with Crippen molar-refractivity contribution in [2.24, 2.45) is 40.2 Å². The Labute approximate surface area is 173 Å². The van der Waals surface area contributed by atoms with Gasteiger partial charge >= 0.3 is 0 Å². The van der Waals surface area contributed by atoms with Gasteiger partial charge in [0.2, 0.25) is 0 Å². The van der Waals surface area contributed by atoms with E-state index in [0.29, 0.717) is 30.7 Å². The highest BCUT2D eigenvalue weighted by Crippen LogP contribution is 2.67. The molecule has 1 aromatic heterocycles. The van der Waals surface area contributed by atoms with Gasteiger partial charge in [0.05, 0.1) is 6.10 Å². The van der Waals surface area contributed by atoms with Crippen LogP contribution >= 0.6 is 11.3 Å². The van der Waals surface area contributed by atoms with Gasteiger partial charge in [0, 0.05) is 16.9 Å². The van der Waals surface area contributed by atoms with Crippen LogP contribution < -0.4 is 5.73 Å². The fraction of sp³-hybridized carbons (Fsp3) is 0.826. The number of rotatable bonds is 4. The van der Waals surface area contributed by atoms with Gasteiger partial charge < -0.3 is 21.1 Å². The van der Waals surface area contributed by atoms with E-state index >= 15 is 0 Å². The molecule has 0 aliphatic heterocycles. The largest absolute Gasteiger partial charge is 0.396 e. The number of aliphatic hydroxyl groups is 3. The Balaban J connectivity index is 1.66. The third-order valence-corrected chi connectivity index (χ3v) is 10.4. The molecular formula is C23H37NO3S. The summed E-state index contributed by atoms with van der Waals surface area (Å²) in [6.45, 7) is 5.40. The lowest BCUT2D eigenvalue weighted by molar-refractivity contribution is -0.143. The second-order valence-corrected chi connectivity index (χ2v) is 11.2. The van der Waals surface area contributed by atoms with Crippen LogP contribution in [0.25, 0.3) is 0 Å². The van der Waals surface area contributed by atoms with Crippen molar-refractivity contribution in [3.63, 3.8) is 0 Å². The Bertz CT molecular complexity index is 681. The standard InChI is InChI=1S/C23H37NO3S/c1-21(8-5-16(26)12-15(21)14-25)18-6-9-22(2)19(17(18)13-24)7-10-23(22,27)20-4-3-11-28-20/h3-4,11,15-19,25-27H,5-10,12-14,24H2,1-2H3/t15-,16+,17-,18?,19+,21+,22+,23-/m1/s1. The highest BCUT2D eigenvalue weighted by molar-refractivity contribution is 7.10. The highest BCUT2D eigenvalue weighted by atomic mass is 32.1. The first-order chi connectivity index (χ1) is 13.3. The number of hydrogen-bond donors (Lipinski definition) is 4. The smallest absolute Gasteiger partial charge is 0.104 e. The van der Waals surface area contributed by atoms with Crippen LogP contribution in [0.4, 0.5) is 0 Å². The minimum Gasteiger partial charge on any atom is -0.396 e. The van der Waals surface area contributed by atoms with Gasteiger partial charge in [-0.2, -0.15) is 0 Å². The van der Waals surface area contributed by atoms with Crippen LogP contribution in [-0.2, 0) is 5.60 Å². The molecule has 3 aliphatic rings. The summed E-state index contributed by atoms with van der Waals surface area (Å²) in [4.78, 5) is 1.10. The molecule has 0 aromatic carbocycles. The fourth-order valence-corrected chi connectivity index (χ4v) is 8.53. The summed E-state index contributed by atoms with van der Waals surface area (Å²) < 4.78 is 0. The number of hydrogen-bond acceptors (Lipinski definition) is 5. The monoisotopic (exact) mass is 407 g/mol. The summed E-state index contributed by atoms with van der Waals surface area (Å²) in [5.41, 5.74) is 5.53. The molecule has 3 fully saturated rings. The Morgan fingerprint density at radius 2 is 1.89 bits per heavy atom. The normalized spacial score (nSPS) is 49.1. The van der Waals surface area contributed by atoms with Gasteiger partial charge in [0.25, 0.3) is 0 Å². The van der Waals surface area contributed by atoms with Crippen LogP contribution in [0.5, 0.6) is 0 Å². The molecule has 4 nitrogen and oxygen atoms in total. The molecule has 3 saturated carbocycles. The number of thiophene rings is 1. The summed E-state index contributed by atoms with van der Waals surface area (Å²) in [6.07, 6.45) is 6.08. The van der Waals surface area contributed by atoms with Crippen LogP contribution in [0, 0.1) is 34.5 Å². The van der Waals surface area contributed by atoms with Gasteiger partial charge in [-0.1, -0.05) is 19.9 Å². The van der Waals surface area contributed by atoms with Gasteiger partial charge in [0.1, 0.15) is 5.60 Å². The lowest BCUT2D eigenvalue weighted by atomic mass is 9.48. The van der Waals surface area contributed by atoms with E-state index in [0.717, 1.165) is 43.4 Å². The maximum Gasteiger partial charge on any atom is 0.104 e. The van der Waals surface area contributed by atoms with Gasteiger partial charge in [-0.05, 0) is 92.0 Å². The maximum absolute atomic E-state index is 11.8. The van der Waals surface area contributed by atoms with E-state index in [1.54, 1.807) is 11.3 Å². The van der Waals surface area contributed by atoms with Crippen molar-refractivity contribution in [1.82, 2.24) is 0 Å². The van der Waals surface area contributed by atoms with Crippen LogP contribution in [0.3, 0.4) is 0 Å². The third-order valence-electron chi connectivity index (χ3n) is 9.36. The lowest BCUT2D eigenvalue weighted by Gasteiger charge is -2.58. The average molecular weight is 408 g/mol.